The van der Waals surface area contributed by atoms with Crippen LogP contribution in [0.3, 0.4) is 0 Å². The molecule has 0 spiro atoms. The van der Waals surface area contributed by atoms with E-state index in [9.17, 15) is 4.79 Å². The van der Waals surface area contributed by atoms with Crippen LogP contribution >= 0.6 is 0 Å². The van der Waals surface area contributed by atoms with Crippen LogP contribution in [0.4, 0.5) is 0 Å². The van der Waals surface area contributed by atoms with Gasteiger partial charge in [-0.15, -0.1) is 5.10 Å². The summed E-state index contributed by atoms with van der Waals surface area (Å²) in [6, 6.07) is 7.91. The highest BCUT2D eigenvalue weighted by molar-refractivity contribution is 5.86. The Hall–Kier alpha value is -2.70. The molecule has 0 unspecified atom stereocenters. The Morgan fingerprint density at radius 3 is 2.81 bits per heavy atom. The summed E-state index contributed by atoms with van der Waals surface area (Å²) in [6.07, 6.45) is 0.555. The standard InChI is InChI=1S/C14H15N5O2/c1-3-11-13(14(20)21)15-17-19(11)8-10-9-6-4-5-7-12(9)18(2)16-10/h4-7H,3,8H2,1-2H3,(H,20,21). The van der Waals surface area contributed by atoms with Crippen LogP contribution in [0.2, 0.25) is 0 Å². The molecule has 7 heteroatoms. The SMILES string of the molecule is CCc1c(C(=O)O)nnn1Cc1nn(C)c2ccccc12. The van der Waals surface area contributed by atoms with E-state index >= 15 is 0 Å². The van der Waals surface area contributed by atoms with Gasteiger partial charge in [0, 0.05) is 12.4 Å². The van der Waals surface area contributed by atoms with Gasteiger partial charge in [0.05, 0.1) is 23.4 Å². The Kier molecular flexibility index (Phi) is 3.17. The maximum absolute atomic E-state index is 11.1. The van der Waals surface area contributed by atoms with Crippen molar-refractivity contribution < 1.29 is 9.90 Å². The zero-order chi connectivity index (χ0) is 15.0. The Balaban J connectivity index is 2.05. The van der Waals surface area contributed by atoms with E-state index in [2.05, 4.69) is 15.4 Å². The number of aromatic nitrogens is 5. The highest BCUT2D eigenvalue weighted by Crippen LogP contribution is 2.19. The molecule has 3 aromatic rings. The van der Waals surface area contributed by atoms with E-state index in [0.29, 0.717) is 18.7 Å². The molecular formula is C14H15N5O2. The van der Waals surface area contributed by atoms with E-state index in [4.69, 9.17) is 5.11 Å². The Labute approximate surface area is 120 Å². The van der Waals surface area contributed by atoms with Gasteiger partial charge in [-0.05, 0) is 12.5 Å². The molecule has 0 radical (unpaired) electrons. The summed E-state index contributed by atoms with van der Waals surface area (Å²) in [5.74, 6) is -1.05. The first-order valence-corrected chi connectivity index (χ1v) is 6.68. The van der Waals surface area contributed by atoms with Crippen LogP contribution in [0.5, 0.6) is 0 Å². The number of carboxylic acid groups (broad SMARTS) is 1. The normalized spacial score (nSPS) is 11.1. The van der Waals surface area contributed by atoms with E-state index in [1.807, 2.05) is 42.9 Å². The molecule has 0 aliphatic carbocycles. The zero-order valence-corrected chi connectivity index (χ0v) is 11.8. The molecule has 7 nitrogen and oxygen atoms in total. The molecule has 0 saturated carbocycles. The van der Waals surface area contributed by atoms with Crippen molar-refractivity contribution in [3.05, 3.63) is 41.3 Å². The highest BCUT2D eigenvalue weighted by atomic mass is 16.4. The zero-order valence-electron chi connectivity index (χ0n) is 11.8. The van der Waals surface area contributed by atoms with Crippen molar-refractivity contribution in [3.8, 4) is 0 Å². The van der Waals surface area contributed by atoms with Crippen LogP contribution in [0.25, 0.3) is 10.9 Å². The van der Waals surface area contributed by atoms with Crippen molar-refractivity contribution in [2.45, 2.75) is 19.9 Å². The number of aryl methyl sites for hydroxylation is 1. The van der Waals surface area contributed by atoms with Gasteiger partial charge in [-0.1, -0.05) is 30.3 Å². The lowest BCUT2D eigenvalue weighted by Crippen LogP contribution is -2.09. The number of hydrogen-bond acceptors (Lipinski definition) is 4. The van der Waals surface area contributed by atoms with Crippen LogP contribution < -0.4 is 0 Å². The van der Waals surface area contributed by atoms with Gasteiger partial charge in [-0.2, -0.15) is 5.10 Å². The summed E-state index contributed by atoms with van der Waals surface area (Å²) >= 11 is 0. The smallest absolute Gasteiger partial charge is 0.358 e. The molecule has 1 N–H and O–H groups in total. The van der Waals surface area contributed by atoms with E-state index in [0.717, 1.165) is 16.6 Å². The maximum Gasteiger partial charge on any atom is 0.358 e. The highest BCUT2D eigenvalue weighted by Gasteiger charge is 2.19. The minimum absolute atomic E-state index is 0.0118. The van der Waals surface area contributed by atoms with Gasteiger partial charge in [-0.3, -0.25) is 4.68 Å². The van der Waals surface area contributed by atoms with Crippen LogP contribution in [0.1, 0.15) is 28.8 Å². The number of carboxylic acids is 1. The fourth-order valence-electron chi connectivity index (χ4n) is 2.52. The molecule has 0 amide bonds. The van der Waals surface area contributed by atoms with Crippen LogP contribution in [0, 0.1) is 0 Å². The Morgan fingerprint density at radius 1 is 1.33 bits per heavy atom. The molecule has 0 aliphatic heterocycles. The van der Waals surface area contributed by atoms with Gasteiger partial charge >= 0.3 is 5.97 Å². The third-order valence-electron chi connectivity index (χ3n) is 3.51. The lowest BCUT2D eigenvalue weighted by atomic mass is 10.2. The minimum atomic E-state index is -1.05. The second kappa shape index (κ2) is 5.01. The van der Waals surface area contributed by atoms with Crippen LogP contribution in [0.15, 0.2) is 24.3 Å². The third kappa shape index (κ3) is 2.16. The van der Waals surface area contributed by atoms with Crippen molar-refractivity contribution >= 4 is 16.9 Å². The van der Waals surface area contributed by atoms with Gasteiger partial charge in [0.15, 0.2) is 5.69 Å². The first kappa shape index (κ1) is 13.3. The molecule has 0 bridgehead atoms. The number of fused-ring (bicyclic) bond motifs is 1. The third-order valence-corrected chi connectivity index (χ3v) is 3.51. The lowest BCUT2D eigenvalue weighted by Gasteiger charge is -2.03. The predicted molar refractivity (Wildman–Crippen MR) is 76.2 cm³/mol. The number of para-hydroxylation sites is 1. The van der Waals surface area contributed by atoms with Crippen LogP contribution in [-0.2, 0) is 20.0 Å². The molecular weight excluding hydrogens is 270 g/mol. The predicted octanol–water partition coefficient (Wildman–Crippen LogP) is 1.47. The van der Waals surface area contributed by atoms with Crippen LogP contribution in [-0.4, -0.2) is 35.9 Å². The fourth-order valence-corrected chi connectivity index (χ4v) is 2.52. The minimum Gasteiger partial charge on any atom is -0.476 e. The average molecular weight is 285 g/mol. The second-order valence-electron chi connectivity index (χ2n) is 4.79. The number of benzene rings is 1. The molecule has 0 fully saturated rings. The molecule has 2 aromatic heterocycles. The molecule has 1 aromatic carbocycles. The summed E-state index contributed by atoms with van der Waals surface area (Å²) in [5, 5.41) is 22.4. The molecule has 108 valence electrons. The van der Waals surface area contributed by atoms with Crippen molar-refractivity contribution in [1.29, 1.82) is 0 Å². The Morgan fingerprint density at radius 2 is 2.10 bits per heavy atom. The first-order valence-electron chi connectivity index (χ1n) is 6.68. The van der Waals surface area contributed by atoms with Gasteiger partial charge in [0.25, 0.3) is 0 Å². The monoisotopic (exact) mass is 285 g/mol. The second-order valence-corrected chi connectivity index (χ2v) is 4.79. The first-order chi connectivity index (χ1) is 10.1. The number of hydrogen-bond donors (Lipinski definition) is 1. The molecule has 0 atom stereocenters. The topological polar surface area (TPSA) is 85.8 Å². The molecule has 0 saturated heterocycles. The Bertz CT molecular complexity index is 818. The fraction of sp³-hybridized carbons (Fsp3) is 0.286. The quantitative estimate of drug-likeness (QED) is 0.784. The van der Waals surface area contributed by atoms with Gasteiger partial charge in [0.2, 0.25) is 0 Å². The van der Waals surface area contributed by atoms with E-state index in [1.54, 1.807) is 4.68 Å². The molecule has 21 heavy (non-hydrogen) atoms. The number of aromatic carboxylic acids is 1. The van der Waals surface area contributed by atoms with Gasteiger partial charge in [-0.25, -0.2) is 9.48 Å². The maximum atomic E-state index is 11.1. The number of rotatable bonds is 4. The molecule has 2 heterocycles. The largest absolute Gasteiger partial charge is 0.476 e. The van der Waals surface area contributed by atoms with E-state index < -0.39 is 5.97 Å². The number of carbonyl (C=O) groups is 1. The summed E-state index contributed by atoms with van der Waals surface area (Å²) in [7, 11) is 1.89. The lowest BCUT2D eigenvalue weighted by molar-refractivity contribution is 0.0689. The summed E-state index contributed by atoms with van der Waals surface area (Å²) in [6.45, 7) is 2.29. The molecule has 0 aliphatic rings. The van der Waals surface area contributed by atoms with Crippen molar-refractivity contribution in [1.82, 2.24) is 24.8 Å². The van der Waals surface area contributed by atoms with Gasteiger partial charge in [0.1, 0.15) is 0 Å². The van der Waals surface area contributed by atoms with Gasteiger partial charge < -0.3 is 5.11 Å². The van der Waals surface area contributed by atoms with E-state index in [1.165, 1.54) is 0 Å². The van der Waals surface area contributed by atoms with E-state index in [-0.39, 0.29) is 5.69 Å². The summed E-state index contributed by atoms with van der Waals surface area (Å²) in [5.41, 5.74) is 2.50. The summed E-state index contributed by atoms with van der Waals surface area (Å²) < 4.78 is 3.42. The van der Waals surface area contributed by atoms with Crippen molar-refractivity contribution in [2.24, 2.45) is 7.05 Å². The average Bonchev–Trinajstić information content (AvgIpc) is 3.02. The van der Waals surface area contributed by atoms with Crippen molar-refractivity contribution in [2.75, 3.05) is 0 Å². The number of nitrogens with zero attached hydrogens (tertiary/aromatic N) is 5. The van der Waals surface area contributed by atoms with Crippen molar-refractivity contribution in [3.63, 3.8) is 0 Å². The summed E-state index contributed by atoms with van der Waals surface area (Å²) in [4.78, 5) is 11.1. The molecule has 3 rings (SSSR count).